The third kappa shape index (κ3) is 2.94. The molecule has 0 aliphatic carbocycles. The van der Waals surface area contributed by atoms with E-state index >= 15 is 0 Å². The third-order valence-corrected chi connectivity index (χ3v) is 5.51. The van der Waals surface area contributed by atoms with E-state index < -0.39 is 11.9 Å². The van der Waals surface area contributed by atoms with Crippen LogP contribution in [-0.2, 0) is 0 Å². The molecule has 8 heteroatoms. The largest absolute Gasteiger partial charge is 0.504 e. The molecule has 1 atom stereocenters. The average Bonchev–Trinajstić information content (AvgIpc) is 2.97. The molecule has 3 aromatic rings. The number of rotatable bonds is 4. The number of hydrogen-bond donors (Lipinski definition) is 2. The first-order valence-corrected chi connectivity index (χ1v) is 9.30. The molecule has 2 N–H and O–H groups in total. The fraction of sp³-hybridized carbons (Fsp3) is 0.238. The van der Waals surface area contributed by atoms with Crippen LogP contribution in [0.25, 0.3) is 11.0 Å². The van der Waals surface area contributed by atoms with E-state index in [2.05, 4.69) is 0 Å². The summed E-state index contributed by atoms with van der Waals surface area (Å²) < 4.78 is 11.0. The molecule has 0 saturated heterocycles. The summed E-state index contributed by atoms with van der Waals surface area (Å²) >= 11 is 6.19. The SMILES string of the molecule is COc1cc([C@@H]2c3c(oc4cc(C)c(Cl)cc4c3=O)C(=O)N2CCO)ccc1O. The van der Waals surface area contributed by atoms with Gasteiger partial charge in [-0.15, -0.1) is 0 Å². The second kappa shape index (κ2) is 7.09. The van der Waals surface area contributed by atoms with E-state index in [1.54, 1.807) is 25.1 Å². The highest BCUT2D eigenvalue weighted by molar-refractivity contribution is 6.32. The van der Waals surface area contributed by atoms with Crippen molar-refractivity contribution in [1.82, 2.24) is 4.90 Å². The first kappa shape index (κ1) is 19.3. The molecule has 0 saturated carbocycles. The molecule has 0 radical (unpaired) electrons. The molecule has 0 spiro atoms. The van der Waals surface area contributed by atoms with Crippen molar-refractivity contribution in [2.45, 2.75) is 13.0 Å². The number of phenolic OH excluding ortho intramolecular Hbond substituents is 1. The lowest BCUT2D eigenvalue weighted by atomic mass is 9.98. The summed E-state index contributed by atoms with van der Waals surface area (Å²) in [6, 6.07) is 6.95. The smallest absolute Gasteiger partial charge is 0.290 e. The molecule has 0 unspecified atom stereocenters. The number of β-amino-alcohol motifs (C(OH)–C–C–N with tert-alkyl or cyclic N) is 1. The minimum Gasteiger partial charge on any atom is -0.504 e. The van der Waals surface area contributed by atoms with Gasteiger partial charge in [-0.3, -0.25) is 9.59 Å². The number of fused-ring (bicyclic) bond motifs is 2. The van der Waals surface area contributed by atoms with Crippen LogP contribution in [0.2, 0.25) is 5.02 Å². The molecule has 1 aromatic heterocycles. The first-order chi connectivity index (χ1) is 13.9. The molecule has 1 aliphatic rings. The van der Waals surface area contributed by atoms with E-state index in [4.69, 9.17) is 20.8 Å². The van der Waals surface area contributed by atoms with E-state index in [0.717, 1.165) is 5.56 Å². The van der Waals surface area contributed by atoms with Crippen LogP contribution in [-0.4, -0.2) is 41.3 Å². The summed E-state index contributed by atoms with van der Waals surface area (Å²) in [5.41, 5.74) is 1.35. The number of aliphatic hydroxyl groups is 1. The highest BCUT2D eigenvalue weighted by Crippen LogP contribution is 2.40. The Labute approximate surface area is 170 Å². The number of carbonyl (C=O) groups excluding carboxylic acids is 1. The number of benzene rings is 2. The van der Waals surface area contributed by atoms with Gasteiger partial charge in [0.25, 0.3) is 5.91 Å². The van der Waals surface area contributed by atoms with Crippen molar-refractivity contribution in [2.75, 3.05) is 20.3 Å². The van der Waals surface area contributed by atoms with Crippen LogP contribution in [0.1, 0.15) is 33.3 Å². The average molecular weight is 416 g/mol. The van der Waals surface area contributed by atoms with Crippen molar-refractivity contribution in [1.29, 1.82) is 0 Å². The summed E-state index contributed by atoms with van der Waals surface area (Å²) in [5.74, 6) is -0.411. The van der Waals surface area contributed by atoms with Gasteiger partial charge in [0.15, 0.2) is 16.9 Å². The Morgan fingerprint density at radius 3 is 2.69 bits per heavy atom. The number of aliphatic hydroxyl groups excluding tert-OH is 1. The number of phenols is 1. The van der Waals surface area contributed by atoms with Crippen molar-refractivity contribution < 1.29 is 24.2 Å². The van der Waals surface area contributed by atoms with Crippen molar-refractivity contribution >= 4 is 28.5 Å². The van der Waals surface area contributed by atoms with Gasteiger partial charge in [-0.1, -0.05) is 17.7 Å². The standard InChI is InChI=1S/C21H18ClNO6/c1-10-7-15-12(9-13(10)22)19(26)17-18(11-3-4-14(25)16(8-11)28-2)23(5-6-24)21(27)20(17)29-15/h3-4,7-9,18,24-25H,5-6H2,1-2H3/t18-/m1/s1. The zero-order valence-corrected chi connectivity index (χ0v) is 16.5. The van der Waals surface area contributed by atoms with Gasteiger partial charge in [0.2, 0.25) is 5.76 Å². The number of hydrogen-bond acceptors (Lipinski definition) is 6. The van der Waals surface area contributed by atoms with E-state index in [1.807, 2.05) is 0 Å². The third-order valence-electron chi connectivity index (χ3n) is 5.11. The van der Waals surface area contributed by atoms with E-state index in [9.17, 15) is 19.8 Å². The zero-order valence-electron chi connectivity index (χ0n) is 15.7. The lowest BCUT2D eigenvalue weighted by molar-refractivity contribution is 0.0691. The van der Waals surface area contributed by atoms with Gasteiger partial charge >= 0.3 is 0 Å². The summed E-state index contributed by atoms with van der Waals surface area (Å²) in [7, 11) is 1.41. The van der Waals surface area contributed by atoms with Gasteiger partial charge in [0, 0.05) is 11.6 Å². The molecule has 1 aliphatic heterocycles. The predicted octanol–water partition coefficient (Wildman–Crippen LogP) is 3.01. The van der Waals surface area contributed by atoms with Gasteiger partial charge in [-0.05, 0) is 42.3 Å². The normalized spacial score (nSPS) is 15.8. The van der Waals surface area contributed by atoms with E-state index in [-0.39, 0.29) is 52.4 Å². The van der Waals surface area contributed by atoms with Crippen LogP contribution in [0.15, 0.2) is 39.5 Å². The van der Waals surface area contributed by atoms with Gasteiger partial charge in [-0.25, -0.2) is 0 Å². The fourth-order valence-electron chi connectivity index (χ4n) is 3.69. The number of halogens is 1. The Morgan fingerprint density at radius 1 is 1.24 bits per heavy atom. The maximum atomic E-state index is 13.3. The Kier molecular flexibility index (Phi) is 4.72. The molecule has 2 aromatic carbocycles. The predicted molar refractivity (Wildman–Crippen MR) is 107 cm³/mol. The molecule has 4 rings (SSSR count). The molecule has 0 fully saturated rings. The van der Waals surface area contributed by atoms with Crippen LogP contribution >= 0.6 is 11.6 Å². The lowest BCUT2D eigenvalue weighted by Gasteiger charge is -2.24. The van der Waals surface area contributed by atoms with Crippen LogP contribution in [0, 0.1) is 6.92 Å². The Balaban J connectivity index is 2.02. The van der Waals surface area contributed by atoms with Crippen molar-refractivity contribution in [3.8, 4) is 11.5 Å². The number of amides is 1. The van der Waals surface area contributed by atoms with Gasteiger partial charge < -0.3 is 24.3 Å². The number of ether oxygens (including phenoxy) is 1. The molecular weight excluding hydrogens is 398 g/mol. The Bertz CT molecular complexity index is 1200. The fourth-order valence-corrected chi connectivity index (χ4v) is 3.85. The Morgan fingerprint density at radius 2 is 2.00 bits per heavy atom. The van der Waals surface area contributed by atoms with Crippen molar-refractivity contribution in [2.24, 2.45) is 0 Å². The molecule has 1 amide bonds. The van der Waals surface area contributed by atoms with Gasteiger partial charge in [0.05, 0.1) is 30.7 Å². The number of nitrogens with zero attached hydrogens (tertiary/aromatic N) is 1. The van der Waals surface area contributed by atoms with E-state index in [1.165, 1.54) is 24.1 Å². The topological polar surface area (TPSA) is 100 Å². The highest BCUT2D eigenvalue weighted by Gasteiger charge is 2.42. The van der Waals surface area contributed by atoms with Crippen LogP contribution in [0.5, 0.6) is 11.5 Å². The van der Waals surface area contributed by atoms with Crippen LogP contribution in [0.4, 0.5) is 0 Å². The van der Waals surface area contributed by atoms with E-state index in [0.29, 0.717) is 10.6 Å². The monoisotopic (exact) mass is 415 g/mol. The molecule has 29 heavy (non-hydrogen) atoms. The zero-order chi connectivity index (χ0) is 20.9. The summed E-state index contributed by atoms with van der Waals surface area (Å²) in [4.78, 5) is 27.7. The quantitative estimate of drug-likeness (QED) is 0.679. The number of aromatic hydroxyl groups is 1. The maximum absolute atomic E-state index is 13.3. The van der Waals surface area contributed by atoms with Crippen LogP contribution in [0.3, 0.4) is 0 Å². The number of carbonyl (C=O) groups is 1. The summed E-state index contributed by atoms with van der Waals surface area (Å²) in [6.45, 7) is 1.50. The minimum atomic E-state index is -0.792. The second-order valence-corrected chi connectivity index (χ2v) is 7.23. The van der Waals surface area contributed by atoms with Gasteiger partial charge in [0.1, 0.15) is 5.58 Å². The molecule has 150 valence electrons. The Hall–Kier alpha value is -3.03. The number of aryl methyl sites for hydroxylation is 1. The molecular formula is C21H18ClNO6. The molecule has 7 nitrogen and oxygen atoms in total. The summed E-state index contributed by atoms with van der Waals surface area (Å²) in [6.07, 6.45) is 0. The van der Waals surface area contributed by atoms with Crippen molar-refractivity contribution in [3.05, 3.63) is 68.0 Å². The van der Waals surface area contributed by atoms with Crippen molar-refractivity contribution in [3.63, 3.8) is 0 Å². The van der Waals surface area contributed by atoms with Crippen LogP contribution < -0.4 is 10.2 Å². The maximum Gasteiger partial charge on any atom is 0.290 e. The minimum absolute atomic E-state index is 0.00641. The molecule has 2 heterocycles. The summed E-state index contributed by atoms with van der Waals surface area (Å²) in [5, 5.41) is 20.1. The molecule has 0 bridgehead atoms. The highest BCUT2D eigenvalue weighted by atomic mass is 35.5. The van der Waals surface area contributed by atoms with Gasteiger partial charge in [-0.2, -0.15) is 0 Å². The first-order valence-electron chi connectivity index (χ1n) is 8.93. The second-order valence-electron chi connectivity index (χ2n) is 6.83. The lowest BCUT2D eigenvalue weighted by Crippen LogP contribution is -2.32. The number of methoxy groups -OCH3 is 1.